The van der Waals surface area contributed by atoms with Crippen molar-refractivity contribution in [1.82, 2.24) is 20.1 Å². The van der Waals surface area contributed by atoms with Crippen molar-refractivity contribution in [2.45, 2.75) is 44.3 Å². The molecule has 2 fully saturated rings. The number of anilines is 1. The van der Waals surface area contributed by atoms with Crippen molar-refractivity contribution in [2.75, 3.05) is 51.3 Å². The molecule has 1 amide bonds. The standard InChI is InChI=1S/C24H30FN7O2/c1-16(25)24(33)32-11-10-31(14-17(32)5-7-26)22-19-6-8-28-13-21(19)20(12-27)23(29-22)34-15-18-4-3-9-30(18)2/h17-18,28H,1,3-6,8-11,13-15H2,2H3/t17-,18-/m0/s1. The molecule has 0 bridgehead atoms. The van der Waals surface area contributed by atoms with Crippen LogP contribution in [0.25, 0.3) is 0 Å². The summed E-state index contributed by atoms with van der Waals surface area (Å²) in [6, 6.07) is 4.21. The molecular weight excluding hydrogens is 437 g/mol. The number of likely N-dealkylation sites (N-methyl/N-ethyl adjacent to an activating group) is 1. The van der Waals surface area contributed by atoms with Gasteiger partial charge in [0.1, 0.15) is 24.1 Å². The summed E-state index contributed by atoms with van der Waals surface area (Å²) in [5.74, 6) is -0.750. The molecule has 180 valence electrons. The van der Waals surface area contributed by atoms with Gasteiger partial charge in [0, 0.05) is 37.8 Å². The second kappa shape index (κ2) is 10.4. The lowest BCUT2D eigenvalue weighted by molar-refractivity contribution is -0.131. The van der Waals surface area contributed by atoms with Crippen molar-refractivity contribution < 1.29 is 13.9 Å². The van der Waals surface area contributed by atoms with Crippen LogP contribution in [0.5, 0.6) is 5.88 Å². The van der Waals surface area contributed by atoms with Crippen molar-refractivity contribution >= 4 is 11.7 Å². The van der Waals surface area contributed by atoms with Gasteiger partial charge < -0.3 is 24.8 Å². The van der Waals surface area contributed by atoms with Crippen LogP contribution in [0.3, 0.4) is 0 Å². The Balaban J connectivity index is 1.65. The van der Waals surface area contributed by atoms with Gasteiger partial charge in [-0.2, -0.15) is 15.5 Å². The number of hydrogen-bond donors (Lipinski definition) is 1. The molecule has 0 radical (unpaired) electrons. The zero-order valence-corrected chi connectivity index (χ0v) is 19.5. The fourth-order valence-electron chi connectivity index (χ4n) is 5.12. The Hall–Kier alpha value is -3.21. The number of likely N-dealkylation sites (tertiary alicyclic amines) is 1. The first-order valence-corrected chi connectivity index (χ1v) is 11.7. The minimum atomic E-state index is -1.02. The Kier molecular flexibility index (Phi) is 7.30. The largest absolute Gasteiger partial charge is 0.475 e. The number of aromatic nitrogens is 1. The number of carbonyl (C=O) groups is 1. The summed E-state index contributed by atoms with van der Waals surface area (Å²) in [5.41, 5.74) is 2.34. The molecule has 0 aliphatic carbocycles. The first-order chi connectivity index (χ1) is 16.4. The van der Waals surface area contributed by atoms with Crippen LogP contribution in [-0.2, 0) is 17.8 Å². The van der Waals surface area contributed by atoms with E-state index in [1.807, 2.05) is 4.90 Å². The second-order valence-electron chi connectivity index (χ2n) is 9.06. The maximum Gasteiger partial charge on any atom is 0.282 e. The van der Waals surface area contributed by atoms with E-state index in [-0.39, 0.29) is 19.0 Å². The van der Waals surface area contributed by atoms with Gasteiger partial charge in [-0.05, 0) is 45.0 Å². The van der Waals surface area contributed by atoms with Crippen LogP contribution in [0.15, 0.2) is 12.4 Å². The first kappa shape index (κ1) is 23.9. The lowest BCUT2D eigenvalue weighted by Gasteiger charge is -2.42. The van der Waals surface area contributed by atoms with E-state index >= 15 is 0 Å². The molecular formula is C24H30FN7O2. The summed E-state index contributed by atoms with van der Waals surface area (Å²) in [5, 5.41) is 22.6. The SMILES string of the molecule is C=C(F)C(=O)N1CCN(c2nc(OC[C@@H]3CCCN3C)c(C#N)c3c2CCNC3)C[C@@H]1CC#N. The molecule has 0 spiro atoms. The van der Waals surface area contributed by atoms with Crippen molar-refractivity contribution in [3.63, 3.8) is 0 Å². The predicted octanol–water partition coefficient (Wildman–Crippen LogP) is 1.49. The summed E-state index contributed by atoms with van der Waals surface area (Å²) in [7, 11) is 2.07. The number of nitriles is 2. The third kappa shape index (κ3) is 4.70. The Morgan fingerprint density at radius 3 is 2.79 bits per heavy atom. The number of rotatable bonds is 6. The van der Waals surface area contributed by atoms with Crippen molar-refractivity contribution in [3.8, 4) is 18.0 Å². The molecule has 0 aromatic carbocycles. The van der Waals surface area contributed by atoms with Crippen LogP contribution < -0.4 is 15.0 Å². The number of hydrogen-bond acceptors (Lipinski definition) is 8. The molecule has 1 aromatic heterocycles. The first-order valence-electron chi connectivity index (χ1n) is 11.7. The van der Waals surface area contributed by atoms with E-state index in [2.05, 4.69) is 36.0 Å². The fourth-order valence-corrected chi connectivity index (χ4v) is 5.12. The van der Waals surface area contributed by atoms with Gasteiger partial charge in [0.2, 0.25) is 5.88 Å². The van der Waals surface area contributed by atoms with Crippen LogP contribution in [0, 0.1) is 22.7 Å². The Morgan fingerprint density at radius 2 is 2.12 bits per heavy atom. The molecule has 9 nitrogen and oxygen atoms in total. The van der Waals surface area contributed by atoms with Crippen LogP contribution >= 0.6 is 0 Å². The number of nitrogens with one attached hydrogen (secondary N) is 1. The van der Waals surface area contributed by atoms with Gasteiger partial charge >= 0.3 is 0 Å². The van der Waals surface area contributed by atoms with Crippen LogP contribution in [0.4, 0.5) is 10.2 Å². The fraction of sp³-hybridized carbons (Fsp3) is 0.583. The average molecular weight is 468 g/mol. The Bertz CT molecular complexity index is 1050. The monoisotopic (exact) mass is 467 g/mol. The highest BCUT2D eigenvalue weighted by Gasteiger charge is 2.35. The number of amides is 1. The van der Waals surface area contributed by atoms with Crippen molar-refractivity contribution in [2.24, 2.45) is 0 Å². The normalized spacial score (nSPS) is 22.6. The van der Waals surface area contributed by atoms with Crippen molar-refractivity contribution in [1.29, 1.82) is 10.5 Å². The summed E-state index contributed by atoms with van der Waals surface area (Å²) < 4.78 is 19.7. The number of nitrogens with zero attached hydrogens (tertiary/aromatic N) is 6. The van der Waals surface area contributed by atoms with E-state index in [1.54, 1.807) is 0 Å². The highest BCUT2D eigenvalue weighted by Crippen LogP contribution is 2.34. The van der Waals surface area contributed by atoms with E-state index < -0.39 is 17.8 Å². The summed E-state index contributed by atoms with van der Waals surface area (Å²) in [6.45, 7) is 6.96. The molecule has 3 aliphatic rings. The maximum absolute atomic E-state index is 13.6. The quantitative estimate of drug-likeness (QED) is 0.627. The third-order valence-electron chi connectivity index (χ3n) is 7.01. The zero-order valence-electron chi connectivity index (χ0n) is 19.5. The Morgan fingerprint density at radius 1 is 1.29 bits per heavy atom. The van der Waals surface area contributed by atoms with Gasteiger partial charge in [0.15, 0.2) is 5.83 Å². The summed E-state index contributed by atoms with van der Waals surface area (Å²) in [6.07, 6.45) is 2.95. The summed E-state index contributed by atoms with van der Waals surface area (Å²) in [4.78, 5) is 22.8. The van der Waals surface area contributed by atoms with Crippen molar-refractivity contribution in [3.05, 3.63) is 29.1 Å². The van der Waals surface area contributed by atoms with E-state index in [1.165, 1.54) is 4.90 Å². The number of pyridine rings is 1. The highest BCUT2D eigenvalue weighted by molar-refractivity contribution is 5.91. The van der Waals surface area contributed by atoms with E-state index in [0.717, 1.165) is 42.9 Å². The molecule has 34 heavy (non-hydrogen) atoms. The average Bonchev–Trinajstić information content (AvgIpc) is 3.26. The number of carbonyl (C=O) groups excluding carboxylic acids is 1. The van der Waals surface area contributed by atoms with Gasteiger partial charge in [-0.3, -0.25) is 4.79 Å². The molecule has 4 heterocycles. The van der Waals surface area contributed by atoms with Crippen LogP contribution in [-0.4, -0.2) is 79.2 Å². The molecule has 0 unspecified atom stereocenters. The van der Waals surface area contributed by atoms with Gasteiger partial charge in [0.05, 0.1) is 18.5 Å². The lowest BCUT2D eigenvalue weighted by Crippen LogP contribution is -2.55. The number of ether oxygens (including phenoxy) is 1. The molecule has 0 saturated carbocycles. The van der Waals surface area contributed by atoms with Gasteiger partial charge in [-0.1, -0.05) is 6.58 Å². The van der Waals surface area contributed by atoms with E-state index in [0.29, 0.717) is 44.1 Å². The highest BCUT2D eigenvalue weighted by atomic mass is 19.1. The smallest absolute Gasteiger partial charge is 0.282 e. The second-order valence-corrected chi connectivity index (χ2v) is 9.06. The predicted molar refractivity (Wildman–Crippen MR) is 124 cm³/mol. The molecule has 1 aromatic rings. The molecule has 3 aliphatic heterocycles. The van der Waals surface area contributed by atoms with Gasteiger partial charge in [-0.15, -0.1) is 0 Å². The molecule has 2 atom stereocenters. The zero-order chi connectivity index (χ0) is 24.2. The molecule has 4 rings (SSSR count). The minimum Gasteiger partial charge on any atom is -0.475 e. The van der Waals surface area contributed by atoms with Crippen LogP contribution in [0.2, 0.25) is 0 Å². The maximum atomic E-state index is 13.6. The number of fused-ring (bicyclic) bond motifs is 1. The molecule has 10 heteroatoms. The minimum absolute atomic E-state index is 0.0763. The van der Waals surface area contributed by atoms with Crippen LogP contribution in [0.1, 0.15) is 36.0 Å². The molecule has 2 saturated heterocycles. The summed E-state index contributed by atoms with van der Waals surface area (Å²) >= 11 is 0. The van der Waals surface area contributed by atoms with Gasteiger partial charge in [-0.25, -0.2) is 4.39 Å². The van der Waals surface area contributed by atoms with Gasteiger partial charge in [0.25, 0.3) is 5.91 Å². The third-order valence-corrected chi connectivity index (χ3v) is 7.01. The lowest BCUT2D eigenvalue weighted by atomic mass is 9.96. The Labute approximate surface area is 199 Å². The number of piperazine rings is 1. The number of halogens is 1. The van der Waals surface area contributed by atoms with E-state index in [4.69, 9.17) is 9.72 Å². The topological polar surface area (TPSA) is 109 Å². The molecule has 1 N–H and O–H groups in total. The van der Waals surface area contributed by atoms with E-state index in [9.17, 15) is 19.7 Å².